The molecule has 2 aromatic carbocycles. The van der Waals surface area contributed by atoms with Crippen LogP contribution in [0, 0.1) is 6.92 Å². The third-order valence-corrected chi connectivity index (χ3v) is 5.18. The first kappa shape index (κ1) is 19.8. The van der Waals surface area contributed by atoms with Gasteiger partial charge in [0.1, 0.15) is 5.69 Å². The fourth-order valence-electron chi connectivity index (χ4n) is 3.71. The lowest BCUT2D eigenvalue weighted by atomic mass is 9.91. The second-order valence-electron chi connectivity index (χ2n) is 8.10. The molecule has 152 valence electrons. The molecule has 30 heavy (non-hydrogen) atoms. The summed E-state index contributed by atoms with van der Waals surface area (Å²) >= 11 is 0. The molecule has 1 amide bonds. The lowest BCUT2D eigenvalue weighted by molar-refractivity contribution is -0.115. The fraction of sp³-hybridized carbons (Fsp3) is 0.240. The van der Waals surface area contributed by atoms with Gasteiger partial charge in [0.25, 0.3) is 0 Å². The number of nitrogen functional groups attached to an aromatic ring is 1. The number of fused-ring (bicyclic) bond motifs is 3. The Morgan fingerprint density at radius 2 is 1.87 bits per heavy atom. The van der Waals surface area contributed by atoms with Crippen LogP contribution in [0.3, 0.4) is 0 Å². The Morgan fingerprint density at radius 1 is 1.10 bits per heavy atom. The number of carbonyl (C=O) groups is 1. The highest BCUT2D eigenvalue weighted by atomic mass is 16.1. The second-order valence-corrected chi connectivity index (χ2v) is 8.10. The largest absolute Gasteiger partial charge is 0.399 e. The quantitative estimate of drug-likeness (QED) is 0.622. The topological polar surface area (TPSA) is 80.9 Å². The Labute approximate surface area is 177 Å². The number of aromatic nitrogens is 2. The molecule has 5 nitrogen and oxygen atoms in total. The van der Waals surface area contributed by atoms with Crippen LogP contribution in [0.15, 0.2) is 48.0 Å². The van der Waals surface area contributed by atoms with Crippen molar-refractivity contribution < 1.29 is 4.79 Å². The Balaban J connectivity index is 1.68. The van der Waals surface area contributed by atoms with Gasteiger partial charge >= 0.3 is 0 Å². The Bertz CT molecular complexity index is 1140. The van der Waals surface area contributed by atoms with Crippen LogP contribution in [0.2, 0.25) is 0 Å². The molecular formula is C25H26N4O. The third-order valence-electron chi connectivity index (χ3n) is 5.18. The van der Waals surface area contributed by atoms with Gasteiger partial charge in [0.15, 0.2) is 5.82 Å². The molecule has 0 spiro atoms. The highest BCUT2D eigenvalue weighted by Gasteiger charge is 2.22. The molecule has 0 fully saturated rings. The van der Waals surface area contributed by atoms with E-state index in [2.05, 4.69) is 5.32 Å². The first-order valence-electron chi connectivity index (χ1n) is 10.2. The third kappa shape index (κ3) is 4.25. The number of aryl methyl sites for hydroxylation is 3. The number of nitrogens with zero attached hydrogens (tertiary/aromatic N) is 2. The molecule has 1 heterocycles. The molecule has 0 aliphatic heterocycles. The Kier molecular flexibility index (Phi) is 5.36. The van der Waals surface area contributed by atoms with Crippen molar-refractivity contribution >= 4 is 23.5 Å². The summed E-state index contributed by atoms with van der Waals surface area (Å²) in [5, 5.41) is 2.99. The minimum absolute atomic E-state index is 0.0968. The van der Waals surface area contributed by atoms with E-state index in [4.69, 9.17) is 15.7 Å². The van der Waals surface area contributed by atoms with Crippen molar-refractivity contribution in [2.75, 3.05) is 11.1 Å². The van der Waals surface area contributed by atoms with E-state index in [1.807, 2.05) is 69.3 Å². The Morgan fingerprint density at radius 3 is 2.60 bits per heavy atom. The number of anilines is 2. The van der Waals surface area contributed by atoms with E-state index in [9.17, 15) is 4.79 Å². The van der Waals surface area contributed by atoms with Crippen molar-refractivity contribution in [3.63, 3.8) is 0 Å². The summed E-state index contributed by atoms with van der Waals surface area (Å²) in [6.07, 6.45) is 3.89. The van der Waals surface area contributed by atoms with Crippen molar-refractivity contribution in [3.8, 4) is 11.3 Å². The molecule has 5 heteroatoms. The van der Waals surface area contributed by atoms with Gasteiger partial charge in [-0.05, 0) is 62.9 Å². The molecule has 4 rings (SSSR count). The summed E-state index contributed by atoms with van der Waals surface area (Å²) in [5.74, 6) is 0.423. The molecule has 0 radical (unpaired) electrons. The number of hydrogen-bond acceptors (Lipinski definition) is 4. The van der Waals surface area contributed by atoms with E-state index in [-0.39, 0.29) is 5.91 Å². The number of benzene rings is 2. The monoisotopic (exact) mass is 398 g/mol. The van der Waals surface area contributed by atoms with Crippen LogP contribution in [0.1, 0.15) is 41.9 Å². The van der Waals surface area contributed by atoms with Gasteiger partial charge in [-0.1, -0.05) is 41.5 Å². The van der Waals surface area contributed by atoms with Crippen molar-refractivity contribution in [2.24, 2.45) is 0 Å². The van der Waals surface area contributed by atoms with E-state index in [1.54, 1.807) is 0 Å². The van der Waals surface area contributed by atoms with Crippen LogP contribution in [-0.2, 0) is 24.1 Å². The molecule has 0 atom stereocenters. The van der Waals surface area contributed by atoms with E-state index in [0.29, 0.717) is 17.9 Å². The standard InChI is InChI=1S/C25H26N4O/c1-15(2)12-22-25(29-23(30)13-17-6-4-16(3)5-7-17)28-21-11-8-18-14-19(26)9-10-20(18)24(21)27-22/h4-7,9-10,12,14H,8,11,13,26H2,1-3H3,(H,28,29,30). The van der Waals surface area contributed by atoms with E-state index >= 15 is 0 Å². The lowest BCUT2D eigenvalue weighted by Gasteiger charge is -2.20. The first-order chi connectivity index (χ1) is 14.4. The van der Waals surface area contributed by atoms with Gasteiger partial charge in [-0.15, -0.1) is 0 Å². The van der Waals surface area contributed by atoms with Gasteiger partial charge in [-0.3, -0.25) is 4.79 Å². The maximum absolute atomic E-state index is 12.7. The van der Waals surface area contributed by atoms with Crippen molar-refractivity contribution in [2.45, 2.75) is 40.0 Å². The molecule has 3 N–H and O–H groups in total. The second kappa shape index (κ2) is 8.11. The summed E-state index contributed by atoms with van der Waals surface area (Å²) in [4.78, 5) is 22.4. The summed E-state index contributed by atoms with van der Waals surface area (Å²) in [7, 11) is 0. The number of amides is 1. The summed E-state index contributed by atoms with van der Waals surface area (Å²) in [5.41, 5.74) is 14.7. The average molecular weight is 399 g/mol. The van der Waals surface area contributed by atoms with E-state index in [1.165, 1.54) is 11.1 Å². The zero-order valence-corrected chi connectivity index (χ0v) is 17.6. The number of carbonyl (C=O) groups excluding carboxylic acids is 1. The Hall–Kier alpha value is -3.47. The van der Waals surface area contributed by atoms with Gasteiger partial charge in [0.05, 0.1) is 17.8 Å². The van der Waals surface area contributed by atoms with E-state index < -0.39 is 0 Å². The molecule has 1 aromatic heterocycles. The minimum Gasteiger partial charge on any atom is -0.399 e. The summed E-state index contributed by atoms with van der Waals surface area (Å²) < 4.78 is 0. The number of nitrogens with two attached hydrogens (primary N) is 1. The number of nitrogens with one attached hydrogen (secondary N) is 1. The zero-order chi connectivity index (χ0) is 21.3. The maximum Gasteiger partial charge on any atom is 0.230 e. The SMILES string of the molecule is CC(C)=Cc1nc2c(nc1NC(=O)Cc1ccc(C)cc1)CCc1cc(N)ccc1-2. The molecular weight excluding hydrogens is 372 g/mol. The first-order valence-corrected chi connectivity index (χ1v) is 10.2. The van der Waals surface area contributed by atoms with Gasteiger partial charge < -0.3 is 11.1 Å². The van der Waals surface area contributed by atoms with Crippen LogP contribution < -0.4 is 11.1 Å². The van der Waals surface area contributed by atoms with Gasteiger partial charge in [0.2, 0.25) is 5.91 Å². The normalized spacial score (nSPS) is 12.0. The van der Waals surface area contributed by atoms with Crippen LogP contribution in [-0.4, -0.2) is 15.9 Å². The van der Waals surface area contributed by atoms with Crippen LogP contribution in [0.25, 0.3) is 17.3 Å². The molecule has 1 aliphatic carbocycles. The molecule has 0 unspecified atom stereocenters. The zero-order valence-electron chi connectivity index (χ0n) is 17.6. The van der Waals surface area contributed by atoms with Crippen LogP contribution in [0.5, 0.6) is 0 Å². The minimum atomic E-state index is -0.0968. The fourth-order valence-corrected chi connectivity index (χ4v) is 3.71. The smallest absolute Gasteiger partial charge is 0.230 e. The van der Waals surface area contributed by atoms with Crippen LogP contribution >= 0.6 is 0 Å². The number of rotatable bonds is 4. The highest BCUT2D eigenvalue weighted by molar-refractivity contribution is 5.93. The highest BCUT2D eigenvalue weighted by Crippen LogP contribution is 2.34. The predicted molar refractivity (Wildman–Crippen MR) is 122 cm³/mol. The predicted octanol–water partition coefficient (Wildman–Crippen LogP) is 4.74. The van der Waals surface area contributed by atoms with Gasteiger partial charge in [0, 0.05) is 11.3 Å². The molecule has 0 saturated carbocycles. The molecule has 0 bridgehead atoms. The van der Waals surface area contributed by atoms with Crippen molar-refractivity contribution in [3.05, 3.63) is 76.1 Å². The molecule has 3 aromatic rings. The summed E-state index contributed by atoms with van der Waals surface area (Å²) in [6.45, 7) is 6.05. The van der Waals surface area contributed by atoms with Gasteiger partial charge in [-0.25, -0.2) is 9.97 Å². The van der Waals surface area contributed by atoms with Crippen molar-refractivity contribution in [1.82, 2.24) is 9.97 Å². The number of allylic oxidation sites excluding steroid dienone is 1. The maximum atomic E-state index is 12.7. The molecule has 1 aliphatic rings. The van der Waals surface area contributed by atoms with E-state index in [0.717, 1.165) is 46.6 Å². The number of hydrogen-bond donors (Lipinski definition) is 2. The van der Waals surface area contributed by atoms with Gasteiger partial charge in [-0.2, -0.15) is 0 Å². The van der Waals surface area contributed by atoms with Crippen molar-refractivity contribution in [1.29, 1.82) is 0 Å². The van der Waals surface area contributed by atoms with Crippen LogP contribution in [0.4, 0.5) is 11.5 Å². The average Bonchev–Trinajstić information content (AvgIpc) is 2.69. The molecule has 0 saturated heterocycles. The lowest BCUT2D eigenvalue weighted by Crippen LogP contribution is -2.19. The summed E-state index contributed by atoms with van der Waals surface area (Å²) in [6, 6.07) is 13.9.